The molecule has 1 saturated carbocycles. The Hall–Kier alpha value is -1.10. The van der Waals surface area contributed by atoms with E-state index in [1.165, 1.54) is 0 Å². The van der Waals surface area contributed by atoms with Gasteiger partial charge in [0, 0.05) is 12.6 Å². The van der Waals surface area contributed by atoms with Gasteiger partial charge < -0.3 is 15.3 Å². The molecular weight excluding hydrogens is 244 g/mol. The van der Waals surface area contributed by atoms with E-state index in [0.29, 0.717) is 25.4 Å². The summed E-state index contributed by atoms with van der Waals surface area (Å²) in [5.74, 6) is -1.74. The van der Waals surface area contributed by atoms with Crippen LogP contribution in [-0.2, 0) is 9.59 Å². The van der Waals surface area contributed by atoms with Crippen LogP contribution in [0.15, 0.2) is 0 Å². The Morgan fingerprint density at radius 3 is 2.53 bits per heavy atom. The second-order valence-electron chi connectivity index (χ2n) is 5.70. The van der Waals surface area contributed by atoms with Crippen molar-refractivity contribution in [1.82, 2.24) is 10.2 Å². The first-order valence-electron chi connectivity index (χ1n) is 7.14. The molecule has 2 N–H and O–H groups in total. The van der Waals surface area contributed by atoms with Crippen molar-refractivity contribution in [3.8, 4) is 0 Å². The average Bonchev–Trinajstić information content (AvgIpc) is 2.83. The van der Waals surface area contributed by atoms with E-state index in [-0.39, 0.29) is 11.8 Å². The number of carboxylic acid groups (broad SMARTS) is 1. The number of nitrogens with one attached hydrogen (secondary N) is 1. The molecule has 0 saturated heterocycles. The van der Waals surface area contributed by atoms with Crippen molar-refractivity contribution in [3.05, 3.63) is 0 Å². The molecule has 0 bridgehead atoms. The molecule has 0 radical (unpaired) electrons. The predicted molar refractivity (Wildman–Crippen MR) is 73.9 cm³/mol. The monoisotopic (exact) mass is 270 g/mol. The zero-order chi connectivity index (χ0) is 14.4. The number of carbonyl (C=O) groups excluding carboxylic acids is 1. The molecule has 1 fully saturated rings. The largest absolute Gasteiger partial charge is 0.481 e. The number of carbonyl (C=O) groups is 2. The zero-order valence-corrected chi connectivity index (χ0v) is 12.2. The normalized spacial score (nSPS) is 23.0. The number of hydrogen-bond acceptors (Lipinski definition) is 3. The van der Waals surface area contributed by atoms with Crippen LogP contribution in [0.25, 0.3) is 0 Å². The van der Waals surface area contributed by atoms with Gasteiger partial charge in [-0.25, -0.2) is 0 Å². The first-order chi connectivity index (χ1) is 8.93. The van der Waals surface area contributed by atoms with Crippen LogP contribution >= 0.6 is 0 Å². The fourth-order valence-corrected chi connectivity index (χ4v) is 2.50. The lowest BCUT2D eigenvalue weighted by atomic mass is 9.95. The number of amides is 1. The Kier molecular flexibility index (Phi) is 6.28. The van der Waals surface area contributed by atoms with Crippen molar-refractivity contribution in [3.63, 3.8) is 0 Å². The van der Waals surface area contributed by atoms with E-state index in [0.717, 1.165) is 19.4 Å². The van der Waals surface area contributed by atoms with Crippen LogP contribution in [0.4, 0.5) is 0 Å². The average molecular weight is 270 g/mol. The molecule has 0 aromatic heterocycles. The molecule has 0 aliphatic heterocycles. The van der Waals surface area contributed by atoms with Gasteiger partial charge >= 0.3 is 5.97 Å². The maximum Gasteiger partial charge on any atom is 0.307 e. The van der Waals surface area contributed by atoms with E-state index in [2.05, 4.69) is 31.1 Å². The van der Waals surface area contributed by atoms with E-state index in [1.807, 2.05) is 0 Å². The van der Waals surface area contributed by atoms with E-state index >= 15 is 0 Å². The van der Waals surface area contributed by atoms with Gasteiger partial charge in [-0.05, 0) is 46.7 Å². The van der Waals surface area contributed by atoms with E-state index < -0.39 is 11.9 Å². The highest BCUT2D eigenvalue weighted by atomic mass is 16.4. The molecule has 0 spiro atoms. The quantitative estimate of drug-likeness (QED) is 0.685. The predicted octanol–water partition coefficient (Wildman–Crippen LogP) is 1.33. The molecule has 110 valence electrons. The Bertz CT molecular complexity index is 318. The lowest BCUT2D eigenvalue weighted by Gasteiger charge is -2.21. The van der Waals surface area contributed by atoms with Crippen LogP contribution in [-0.4, -0.2) is 48.1 Å². The van der Waals surface area contributed by atoms with Gasteiger partial charge in [-0.15, -0.1) is 0 Å². The van der Waals surface area contributed by atoms with E-state index in [9.17, 15) is 9.59 Å². The molecule has 0 aromatic rings. The Labute approximate surface area is 115 Å². The van der Waals surface area contributed by atoms with Gasteiger partial charge in [0.15, 0.2) is 0 Å². The molecule has 0 heterocycles. The van der Waals surface area contributed by atoms with Crippen molar-refractivity contribution in [1.29, 1.82) is 0 Å². The minimum absolute atomic E-state index is 0.0860. The van der Waals surface area contributed by atoms with Crippen LogP contribution in [0.3, 0.4) is 0 Å². The molecule has 2 atom stereocenters. The van der Waals surface area contributed by atoms with E-state index in [4.69, 9.17) is 5.11 Å². The summed E-state index contributed by atoms with van der Waals surface area (Å²) in [6.45, 7) is 5.83. The standard InChI is InChI=1S/C14H26N2O3/c1-10(2)16(3)9-5-8-15-13(17)11-6-4-7-12(11)14(18)19/h10-12H,4-9H2,1-3H3,(H,15,17)(H,18,19). The maximum atomic E-state index is 12.0. The lowest BCUT2D eigenvalue weighted by molar-refractivity contribution is -0.146. The maximum absolute atomic E-state index is 12.0. The summed E-state index contributed by atoms with van der Waals surface area (Å²) in [7, 11) is 2.06. The second kappa shape index (κ2) is 7.48. The van der Waals surface area contributed by atoms with Gasteiger partial charge in [-0.1, -0.05) is 6.42 Å². The summed E-state index contributed by atoms with van der Waals surface area (Å²) >= 11 is 0. The molecule has 1 rings (SSSR count). The first kappa shape index (κ1) is 16.0. The second-order valence-corrected chi connectivity index (χ2v) is 5.70. The first-order valence-corrected chi connectivity index (χ1v) is 7.14. The van der Waals surface area contributed by atoms with Crippen molar-refractivity contribution in [2.75, 3.05) is 20.1 Å². The lowest BCUT2D eigenvalue weighted by Crippen LogP contribution is -2.37. The Balaban J connectivity index is 2.26. The smallest absolute Gasteiger partial charge is 0.307 e. The molecular formula is C14H26N2O3. The molecule has 19 heavy (non-hydrogen) atoms. The summed E-state index contributed by atoms with van der Waals surface area (Å²) in [4.78, 5) is 25.2. The summed E-state index contributed by atoms with van der Waals surface area (Å²) < 4.78 is 0. The summed E-state index contributed by atoms with van der Waals surface area (Å²) in [5.41, 5.74) is 0. The van der Waals surface area contributed by atoms with Gasteiger partial charge in [0.1, 0.15) is 0 Å². The van der Waals surface area contributed by atoms with Gasteiger partial charge in [-0.2, -0.15) is 0 Å². The minimum atomic E-state index is -0.836. The van der Waals surface area contributed by atoms with Crippen LogP contribution < -0.4 is 5.32 Å². The summed E-state index contributed by atoms with van der Waals surface area (Å²) in [5, 5.41) is 11.9. The van der Waals surface area contributed by atoms with Gasteiger partial charge in [-0.3, -0.25) is 9.59 Å². The van der Waals surface area contributed by atoms with Gasteiger partial charge in [0.25, 0.3) is 0 Å². The SMILES string of the molecule is CC(C)N(C)CCCNC(=O)C1CCCC1C(=O)O. The number of nitrogens with zero attached hydrogens (tertiary/aromatic N) is 1. The fourth-order valence-electron chi connectivity index (χ4n) is 2.50. The molecule has 5 heteroatoms. The molecule has 1 aliphatic rings. The number of rotatable bonds is 7. The molecule has 5 nitrogen and oxygen atoms in total. The minimum Gasteiger partial charge on any atom is -0.481 e. The number of aliphatic carboxylic acids is 1. The molecule has 2 unspecified atom stereocenters. The fraction of sp³-hybridized carbons (Fsp3) is 0.857. The third kappa shape index (κ3) is 4.82. The summed E-state index contributed by atoms with van der Waals surface area (Å²) in [6, 6.07) is 0.502. The van der Waals surface area contributed by atoms with Crippen molar-refractivity contribution in [2.45, 2.75) is 45.6 Å². The highest BCUT2D eigenvalue weighted by Gasteiger charge is 2.37. The number of carboxylic acids is 1. The van der Waals surface area contributed by atoms with Crippen molar-refractivity contribution >= 4 is 11.9 Å². The third-order valence-corrected chi connectivity index (χ3v) is 4.04. The van der Waals surface area contributed by atoms with Crippen LogP contribution in [0.1, 0.15) is 39.5 Å². The summed E-state index contributed by atoms with van der Waals surface area (Å²) in [6.07, 6.45) is 3.06. The molecule has 1 aliphatic carbocycles. The Morgan fingerprint density at radius 1 is 1.32 bits per heavy atom. The number of hydrogen-bond donors (Lipinski definition) is 2. The topological polar surface area (TPSA) is 69.6 Å². The van der Waals surface area contributed by atoms with Crippen LogP contribution in [0.2, 0.25) is 0 Å². The van der Waals surface area contributed by atoms with Gasteiger partial charge in [0.2, 0.25) is 5.91 Å². The Morgan fingerprint density at radius 2 is 1.95 bits per heavy atom. The molecule has 0 aromatic carbocycles. The third-order valence-electron chi connectivity index (χ3n) is 4.04. The molecule has 1 amide bonds. The van der Waals surface area contributed by atoms with Gasteiger partial charge in [0.05, 0.1) is 11.8 Å². The van der Waals surface area contributed by atoms with Crippen molar-refractivity contribution in [2.24, 2.45) is 11.8 Å². The zero-order valence-electron chi connectivity index (χ0n) is 12.2. The highest BCUT2D eigenvalue weighted by Crippen LogP contribution is 2.31. The van der Waals surface area contributed by atoms with Crippen molar-refractivity contribution < 1.29 is 14.7 Å². The van der Waals surface area contributed by atoms with E-state index in [1.54, 1.807) is 0 Å². The highest BCUT2D eigenvalue weighted by molar-refractivity contribution is 5.85. The van der Waals surface area contributed by atoms with Crippen LogP contribution in [0.5, 0.6) is 0 Å². The van der Waals surface area contributed by atoms with Crippen LogP contribution in [0, 0.1) is 11.8 Å².